The van der Waals surface area contributed by atoms with Crippen LogP contribution in [0.15, 0.2) is 48.5 Å². The van der Waals surface area contributed by atoms with E-state index in [9.17, 15) is 24.0 Å². The van der Waals surface area contributed by atoms with Crippen LogP contribution in [0.3, 0.4) is 0 Å². The van der Waals surface area contributed by atoms with Crippen LogP contribution < -0.4 is 38.6 Å². The molecule has 0 unspecified atom stereocenters. The Morgan fingerprint density at radius 2 is 1.71 bits per heavy atom. The highest BCUT2D eigenvalue weighted by atomic mass is 16.6. The molecule has 0 aliphatic rings. The quantitative estimate of drug-likeness (QED) is 0.0395. The van der Waals surface area contributed by atoms with Gasteiger partial charge in [0.25, 0.3) is 0 Å². The van der Waals surface area contributed by atoms with Crippen molar-refractivity contribution >= 4 is 63.2 Å². The number of aryl methyl sites for hydroxylation is 1. The standard InChI is InChI=1S/C40H56N10O8/c1-4-5-12-32-47-35-36(50(32)19-21-56-20-17-41)29-10-6-7-11-30(29)46-37(35)49-40(55)57-23-26-13-15-28(16-14-26)45-38(53)27(9-8-18-44-39(42)54)22-31(51)34(25(2)3)48-33(52)24-58-43/h6-7,10-11,13-16,25,27,34H,4-5,8-9,12,17-24,41,43H2,1-3H3,(H,45,53)(H,48,52)(H3,42,44,54)(H,46,49,55)/t27-,34+/m0/s1. The third-order valence-corrected chi connectivity index (χ3v) is 9.34. The van der Waals surface area contributed by atoms with Gasteiger partial charge in [-0.1, -0.05) is 57.5 Å². The number of amides is 5. The number of hydrogen-bond acceptors (Lipinski definition) is 12. The van der Waals surface area contributed by atoms with Gasteiger partial charge in [0, 0.05) is 49.5 Å². The fourth-order valence-electron chi connectivity index (χ4n) is 6.45. The van der Waals surface area contributed by atoms with Gasteiger partial charge in [0.2, 0.25) is 11.8 Å². The topological polar surface area (TPSA) is 270 Å². The number of anilines is 2. The number of hydrogen-bond donors (Lipinski definition) is 7. The van der Waals surface area contributed by atoms with Crippen molar-refractivity contribution in [1.29, 1.82) is 0 Å². The van der Waals surface area contributed by atoms with Crippen molar-refractivity contribution in [1.82, 2.24) is 25.2 Å². The van der Waals surface area contributed by atoms with Gasteiger partial charge in [-0.2, -0.15) is 0 Å². The number of rotatable bonds is 24. The number of pyridine rings is 1. The number of ether oxygens (including phenoxy) is 2. The average Bonchev–Trinajstić information content (AvgIpc) is 3.57. The normalized spacial score (nSPS) is 12.3. The average molecular weight is 805 g/mol. The Hall–Kier alpha value is -5.69. The van der Waals surface area contributed by atoms with E-state index in [2.05, 4.69) is 37.6 Å². The Morgan fingerprint density at radius 1 is 0.948 bits per heavy atom. The number of para-hydroxylation sites is 1. The smallest absolute Gasteiger partial charge is 0.413 e. The zero-order valence-electron chi connectivity index (χ0n) is 33.4. The van der Waals surface area contributed by atoms with Gasteiger partial charge in [0.15, 0.2) is 11.6 Å². The number of imidazole rings is 1. The monoisotopic (exact) mass is 804 g/mol. The Labute approximate surface area is 337 Å². The molecule has 0 saturated heterocycles. The molecule has 0 radical (unpaired) electrons. The first kappa shape index (κ1) is 45.0. The highest BCUT2D eigenvalue weighted by Gasteiger charge is 2.29. The Balaban J connectivity index is 1.44. The molecular weight excluding hydrogens is 749 g/mol. The van der Waals surface area contributed by atoms with Gasteiger partial charge in [-0.15, -0.1) is 0 Å². The van der Waals surface area contributed by atoms with Crippen molar-refractivity contribution in [2.75, 3.05) is 43.5 Å². The predicted octanol–water partition coefficient (Wildman–Crippen LogP) is 3.64. The van der Waals surface area contributed by atoms with Crippen LogP contribution in [0.5, 0.6) is 0 Å². The lowest BCUT2D eigenvalue weighted by Crippen LogP contribution is -2.47. The number of ketones is 1. The maximum absolute atomic E-state index is 13.5. The number of carbonyl (C=O) groups excluding carboxylic acids is 5. The Morgan fingerprint density at radius 3 is 2.40 bits per heavy atom. The second kappa shape index (κ2) is 22.9. The summed E-state index contributed by atoms with van der Waals surface area (Å²) in [4.78, 5) is 77.4. The summed E-state index contributed by atoms with van der Waals surface area (Å²) < 4.78 is 13.4. The summed E-state index contributed by atoms with van der Waals surface area (Å²) in [7, 11) is 0. The summed E-state index contributed by atoms with van der Waals surface area (Å²) >= 11 is 0. The molecule has 0 aliphatic heterocycles. The zero-order chi connectivity index (χ0) is 42.0. The molecule has 2 aromatic heterocycles. The van der Waals surface area contributed by atoms with E-state index in [0.717, 1.165) is 36.0 Å². The first-order valence-electron chi connectivity index (χ1n) is 19.5. The maximum atomic E-state index is 13.5. The summed E-state index contributed by atoms with van der Waals surface area (Å²) in [6.45, 7) is 7.27. The van der Waals surface area contributed by atoms with Crippen molar-refractivity contribution in [2.24, 2.45) is 29.2 Å². The van der Waals surface area contributed by atoms with Gasteiger partial charge < -0.3 is 41.5 Å². The molecule has 4 aromatic rings. The van der Waals surface area contributed by atoms with Crippen LogP contribution >= 0.6 is 0 Å². The maximum Gasteiger partial charge on any atom is 0.413 e. The number of nitrogens with two attached hydrogens (primary N) is 3. The fraction of sp³-hybridized carbons (Fsp3) is 0.475. The van der Waals surface area contributed by atoms with Crippen LogP contribution in [0.25, 0.3) is 21.9 Å². The Bertz CT molecular complexity index is 2000. The van der Waals surface area contributed by atoms with Crippen molar-refractivity contribution in [3.8, 4) is 0 Å². The fourth-order valence-corrected chi connectivity index (χ4v) is 6.45. The number of fused-ring (bicyclic) bond motifs is 3. The van der Waals surface area contributed by atoms with Crippen LogP contribution in [0.2, 0.25) is 0 Å². The SMILES string of the molecule is CCCCc1nc2c(NC(=O)OCc3ccc(NC(=O)[C@@H](CCCNC(N)=O)CC(=O)[C@H](NC(=O)CON)C(C)C)cc3)nc3ccccc3c2n1CCOCCN. The van der Waals surface area contributed by atoms with Crippen LogP contribution in [-0.4, -0.2) is 83.2 Å². The lowest BCUT2D eigenvalue weighted by atomic mass is 9.89. The van der Waals surface area contributed by atoms with Crippen LogP contribution in [0.1, 0.15) is 64.3 Å². The summed E-state index contributed by atoms with van der Waals surface area (Å²) in [6, 6.07) is 12.8. The number of unbranched alkanes of at least 4 members (excludes halogenated alkanes) is 1. The largest absolute Gasteiger partial charge is 0.444 e. The van der Waals surface area contributed by atoms with Crippen molar-refractivity contribution in [2.45, 2.75) is 78.5 Å². The minimum Gasteiger partial charge on any atom is -0.444 e. The molecule has 2 heterocycles. The molecule has 0 spiro atoms. The third-order valence-electron chi connectivity index (χ3n) is 9.34. The number of nitrogens with one attached hydrogen (secondary N) is 4. The van der Waals surface area contributed by atoms with Crippen molar-refractivity contribution < 1.29 is 38.3 Å². The van der Waals surface area contributed by atoms with E-state index in [4.69, 9.17) is 36.8 Å². The molecule has 5 amide bonds. The first-order valence-corrected chi connectivity index (χ1v) is 19.5. The minimum absolute atomic E-state index is 0.0764. The molecule has 4 rings (SSSR count). The number of nitrogens with zero attached hydrogens (tertiary/aromatic N) is 3. The number of primary amides is 1. The van der Waals surface area contributed by atoms with Crippen molar-refractivity contribution in [3.63, 3.8) is 0 Å². The zero-order valence-corrected chi connectivity index (χ0v) is 33.4. The van der Waals surface area contributed by atoms with E-state index < -0.39 is 42.5 Å². The second-order valence-corrected chi connectivity index (χ2v) is 14.1. The van der Waals surface area contributed by atoms with Crippen LogP contribution in [0.4, 0.5) is 21.1 Å². The highest BCUT2D eigenvalue weighted by molar-refractivity contribution is 6.09. The molecular formula is C40H56N10O8. The molecule has 0 aliphatic carbocycles. The number of benzene rings is 2. The lowest BCUT2D eigenvalue weighted by Gasteiger charge is -2.24. The van der Waals surface area contributed by atoms with E-state index in [-0.39, 0.29) is 43.5 Å². The molecule has 0 saturated carbocycles. The number of carbonyl (C=O) groups is 5. The van der Waals surface area contributed by atoms with E-state index >= 15 is 0 Å². The van der Waals surface area contributed by atoms with E-state index in [0.29, 0.717) is 55.0 Å². The molecule has 0 fully saturated rings. The molecule has 2 aromatic carbocycles. The molecule has 314 valence electrons. The molecule has 10 N–H and O–H groups in total. The molecule has 0 bridgehead atoms. The van der Waals surface area contributed by atoms with Gasteiger partial charge in [-0.3, -0.25) is 24.5 Å². The Kier molecular flexibility index (Phi) is 17.8. The van der Waals surface area contributed by atoms with E-state index in [1.54, 1.807) is 38.1 Å². The van der Waals surface area contributed by atoms with Gasteiger partial charge >= 0.3 is 12.1 Å². The molecule has 2 atom stereocenters. The lowest BCUT2D eigenvalue weighted by molar-refractivity contribution is -0.133. The number of Topliss-reactive ketones (excluding diaryl/α,β-unsaturated/α-hetero) is 1. The number of aromatic nitrogens is 3. The second-order valence-electron chi connectivity index (χ2n) is 14.1. The third kappa shape index (κ3) is 13.2. The summed E-state index contributed by atoms with van der Waals surface area (Å²) in [5, 5.41) is 11.6. The van der Waals surface area contributed by atoms with Gasteiger partial charge in [0.1, 0.15) is 24.6 Å². The highest BCUT2D eigenvalue weighted by Crippen LogP contribution is 2.31. The van der Waals surface area contributed by atoms with Crippen LogP contribution in [-0.2, 0) is 48.3 Å². The summed E-state index contributed by atoms with van der Waals surface area (Å²) in [6.07, 6.45) is 2.41. The van der Waals surface area contributed by atoms with Crippen LogP contribution in [0, 0.1) is 11.8 Å². The van der Waals surface area contributed by atoms with Crippen molar-refractivity contribution in [3.05, 3.63) is 59.9 Å². The van der Waals surface area contributed by atoms with E-state index in [1.807, 2.05) is 24.3 Å². The summed E-state index contributed by atoms with van der Waals surface area (Å²) in [5.41, 5.74) is 14.0. The predicted molar refractivity (Wildman–Crippen MR) is 219 cm³/mol. The first-order chi connectivity index (χ1) is 27.9. The van der Waals surface area contributed by atoms with Gasteiger partial charge in [-0.05, 0) is 48.9 Å². The van der Waals surface area contributed by atoms with Gasteiger partial charge in [0.05, 0.1) is 30.3 Å². The van der Waals surface area contributed by atoms with E-state index in [1.165, 1.54) is 0 Å². The molecule has 18 nitrogen and oxygen atoms in total. The summed E-state index contributed by atoms with van der Waals surface area (Å²) in [5.74, 6) is 3.77. The minimum atomic E-state index is -0.867. The molecule has 18 heteroatoms. The number of urea groups is 1. The van der Waals surface area contributed by atoms with Gasteiger partial charge in [-0.25, -0.2) is 25.5 Å². The molecule has 58 heavy (non-hydrogen) atoms.